The van der Waals surface area contributed by atoms with E-state index >= 15 is 0 Å². The summed E-state index contributed by atoms with van der Waals surface area (Å²) in [7, 11) is 1.65. The quantitative estimate of drug-likeness (QED) is 0.229. The number of nitrogens with zero attached hydrogens (tertiary/aromatic N) is 2. The van der Waals surface area contributed by atoms with Gasteiger partial charge in [0.15, 0.2) is 0 Å². The highest BCUT2D eigenvalue weighted by molar-refractivity contribution is 5.96. The first-order valence-electron chi connectivity index (χ1n) is 17.8. The lowest BCUT2D eigenvalue weighted by Gasteiger charge is -2.38. The number of hydrogen-bond acceptors (Lipinski definition) is 8. The lowest BCUT2D eigenvalue weighted by atomic mass is 9.83. The van der Waals surface area contributed by atoms with Gasteiger partial charge in [-0.15, -0.1) is 0 Å². The van der Waals surface area contributed by atoms with E-state index in [1.807, 2.05) is 27.7 Å². The number of carbonyl (C=O) groups is 5. The second kappa shape index (κ2) is 18.1. The molecule has 0 spiro atoms. The predicted octanol–water partition coefficient (Wildman–Crippen LogP) is 0.633. The zero-order valence-corrected chi connectivity index (χ0v) is 29.4. The minimum atomic E-state index is -1.30. The van der Waals surface area contributed by atoms with Gasteiger partial charge in [-0.2, -0.15) is 0 Å². The van der Waals surface area contributed by atoms with Crippen molar-refractivity contribution in [3.63, 3.8) is 0 Å². The van der Waals surface area contributed by atoms with E-state index in [2.05, 4.69) is 26.2 Å². The van der Waals surface area contributed by atoms with E-state index in [9.17, 15) is 29.1 Å². The highest BCUT2D eigenvalue weighted by atomic mass is 16.3. The van der Waals surface area contributed by atoms with Crippen LogP contribution in [0.2, 0.25) is 0 Å². The minimum Gasteiger partial charge on any atom is -0.391 e. The first-order chi connectivity index (χ1) is 22.2. The molecule has 1 aliphatic heterocycles. The highest BCUT2D eigenvalue weighted by Crippen LogP contribution is 2.28. The number of amides is 5. The van der Waals surface area contributed by atoms with Gasteiger partial charge in [0.25, 0.3) is 0 Å². The molecule has 0 radical (unpaired) electrons. The van der Waals surface area contributed by atoms with E-state index in [4.69, 9.17) is 5.73 Å². The lowest BCUT2D eigenvalue weighted by molar-refractivity contribution is -0.144. The molecule has 0 unspecified atom stereocenters. The number of aliphatic hydroxyl groups excluding tert-OH is 1. The fourth-order valence-electron chi connectivity index (χ4n) is 7.40. The van der Waals surface area contributed by atoms with Gasteiger partial charge in [0, 0.05) is 32.7 Å². The Kier molecular flexibility index (Phi) is 14.9. The van der Waals surface area contributed by atoms with Crippen molar-refractivity contribution >= 4 is 29.5 Å². The van der Waals surface area contributed by atoms with Crippen LogP contribution in [0.25, 0.3) is 0 Å². The molecular formula is C34H61N7O6. The zero-order valence-electron chi connectivity index (χ0n) is 29.4. The first-order valence-corrected chi connectivity index (χ1v) is 17.8. The number of aliphatic hydroxyl groups is 1. The molecule has 0 aromatic heterocycles. The third-order valence-corrected chi connectivity index (χ3v) is 10.2. The molecule has 5 amide bonds. The molecule has 3 aliphatic rings. The van der Waals surface area contributed by atoms with Crippen molar-refractivity contribution in [3.05, 3.63) is 0 Å². The average molecular weight is 664 g/mol. The Hall–Kier alpha value is -2.77. The summed E-state index contributed by atoms with van der Waals surface area (Å²) < 4.78 is 0. The fraction of sp³-hybridized carbons (Fsp3) is 0.853. The summed E-state index contributed by atoms with van der Waals surface area (Å²) in [5.74, 6) is -2.09. The fourth-order valence-corrected chi connectivity index (χ4v) is 7.40. The third-order valence-electron chi connectivity index (χ3n) is 10.2. The Labute approximate surface area is 280 Å². The maximum Gasteiger partial charge on any atom is 0.245 e. The van der Waals surface area contributed by atoms with Crippen LogP contribution in [0.3, 0.4) is 0 Å². The van der Waals surface area contributed by atoms with E-state index < -0.39 is 66.0 Å². The number of nitrogens with two attached hydrogens (primary N) is 1. The second-order valence-corrected chi connectivity index (χ2v) is 14.7. The van der Waals surface area contributed by atoms with Gasteiger partial charge in [0.05, 0.1) is 12.1 Å². The van der Waals surface area contributed by atoms with E-state index in [-0.39, 0.29) is 24.3 Å². The van der Waals surface area contributed by atoms with Gasteiger partial charge in [-0.3, -0.25) is 28.9 Å². The maximum absolute atomic E-state index is 14.2. The molecule has 3 rings (SSSR count). The molecule has 47 heavy (non-hydrogen) atoms. The van der Waals surface area contributed by atoms with Crippen LogP contribution < -0.4 is 27.0 Å². The van der Waals surface area contributed by atoms with Gasteiger partial charge in [-0.25, -0.2) is 0 Å². The average Bonchev–Trinajstić information content (AvgIpc) is 3.54. The van der Waals surface area contributed by atoms with Gasteiger partial charge < -0.3 is 37.0 Å². The smallest absolute Gasteiger partial charge is 0.245 e. The highest BCUT2D eigenvalue weighted by Gasteiger charge is 2.39. The molecule has 268 valence electrons. The molecule has 2 saturated carbocycles. The number of rotatable bonds is 7. The summed E-state index contributed by atoms with van der Waals surface area (Å²) in [6.07, 6.45) is 7.91. The summed E-state index contributed by atoms with van der Waals surface area (Å²) in [6, 6.07) is -5.26. The Bertz CT molecular complexity index is 1080. The van der Waals surface area contributed by atoms with Crippen molar-refractivity contribution in [1.29, 1.82) is 0 Å². The minimum absolute atomic E-state index is 0.0909. The maximum atomic E-state index is 14.2. The molecule has 1 heterocycles. The number of likely N-dealkylation sites (N-methyl/N-ethyl adjacent to an activating group) is 1. The summed E-state index contributed by atoms with van der Waals surface area (Å²) in [5, 5.41) is 21.7. The molecule has 3 fully saturated rings. The van der Waals surface area contributed by atoms with Crippen LogP contribution in [-0.2, 0) is 24.0 Å². The summed E-state index contributed by atoms with van der Waals surface area (Å²) in [4.78, 5) is 72.5. The van der Waals surface area contributed by atoms with Gasteiger partial charge in [0.1, 0.15) is 24.2 Å². The van der Waals surface area contributed by atoms with E-state index in [0.29, 0.717) is 25.4 Å². The standard InChI is InChI=1S/C34H61N7O6/c1-20(2)16-27-31(44)39-29(25-14-8-7-9-15-25)33(46)37-26(17-35)30(43)38-28(23(5)42)32(45)36-21(3)18-41(19-24-12-10-11-13-24)22(4)34(47)40(27)6/h20-29,42H,7-19,35H2,1-6H3,(H,36,45)(H,37,46)(H,38,43)(H,39,44)/t21-,22+,23+,26+,27+,28+,29+/m1/s1. The SMILES string of the molecule is CC(C)C[C@H]1C(=O)N[C@@H](C2CCCCC2)C(=O)N[C@@H](CN)C(=O)N[C@@H]([C@H](C)O)C(=O)N[C@H](C)CN(CC2CCCC2)[C@@H](C)C(=O)N1C. The Morgan fingerprint density at radius 3 is 2.00 bits per heavy atom. The van der Waals surface area contributed by atoms with Gasteiger partial charge in [-0.05, 0) is 70.6 Å². The van der Waals surface area contributed by atoms with Crippen molar-refractivity contribution in [3.8, 4) is 0 Å². The normalized spacial score (nSPS) is 31.5. The van der Waals surface area contributed by atoms with Crippen molar-refractivity contribution in [2.45, 2.75) is 141 Å². The molecule has 7 atom stereocenters. The van der Waals surface area contributed by atoms with Gasteiger partial charge in [0.2, 0.25) is 29.5 Å². The Balaban J connectivity index is 2.03. The summed E-state index contributed by atoms with van der Waals surface area (Å²) >= 11 is 0. The van der Waals surface area contributed by atoms with Crippen LogP contribution in [0.15, 0.2) is 0 Å². The molecule has 0 aromatic rings. The summed E-state index contributed by atoms with van der Waals surface area (Å²) in [5.41, 5.74) is 5.94. The predicted molar refractivity (Wildman–Crippen MR) is 180 cm³/mol. The van der Waals surface area contributed by atoms with Crippen LogP contribution in [0.4, 0.5) is 0 Å². The van der Waals surface area contributed by atoms with Gasteiger partial charge in [-0.1, -0.05) is 46.0 Å². The monoisotopic (exact) mass is 663 g/mol. The summed E-state index contributed by atoms with van der Waals surface area (Å²) in [6.45, 7) is 9.83. The van der Waals surface area contributed by atoms with Crippen LogP contribution >= 0.6 is 0 Å². The molecule has 2 aliphatic carbocycles. The first kappa shape index (κ1) is 38.7. The lowest BCUT2D eigenvalue weighted by Crippen LogP contribution is -2.63. The number of nitrogens with one attached hydrogen (secondary N) is 4. The van der Waals surface area contributed by atoms with Gasteiger partial charge >= 0.3 is 0 Å². The third kappa shape index (κ3) is 10.9. The van der Waals surface area contributed by atoms with Crippen LogP contribution in [0.5, 0.6) is 0 Å². The molecule has 0 aromatic carbocycles. The molecular weight excluding hydrogens is 602 g/mol. The molecule has 0 bridgehead atoms. The van der Waals surface area contributed by atoms with Crippen molar-refractivity contribution in [2.75, 3.05) is 26.7 Å². The van der Waals surface area contributed by atoms with Crippen LogP contribution in [0, 0.1) is 17.8 Å². The number of hydrogen-bond donors (Lipinski definition) is 6. The molecule has 7 N–H and O–H groups in total. The van der Waals surface area contributed by atoms with E-state index in [0.717, 1.165) is 57.8 Å². The molecule has 1 saturated heterocycles. The largest absolute Gasteiger partial charge is 0.391 e. The topological polar surface area (TPSA) is 186 Å². The van der Waals surface area contributed by atoms with Crippen molar-refractivity contribution < 1.29 is 29.1 Å². The van der Waals surface area contributed by atoms with Crippen LogP contribution in [0.1, 0.15) is 98.8 Å². The Morgan fingerprint density at radius 1 is 0.809 bits per heavy atom. The van der Waals surface area contributed by atoms with E-state index in [1.54, 1.807) is 7.05 Å². The van der Waals surface area contributed by atoms with E-state index in [1.165, 1.54) is 11.8 Å². The second-order valence-electron chi connectivity index (χ2n) is 14.7. The van der Waals surface area contributed by atoms with Crippen LogP contribution in [-0.4, -0.2) is 113 Å². The molecule has 13 nitrogen and oxygen atoms in total. The van der Waals surface area contributed by atoms with Crippen molar-refractivity contribution in [2.24, 2.45) is 23.5 Å². The molecule has 13 heteroatoms. The Morgan fingerprint density at radius 2 is 1.43 bits per heavy atom. The number of carbonyl (C=O) groups excluding carboxylic acids is 5. The zero-order chi connectivity index (χ0) is 34.8. The van der Waals surface area contributed by atoms with Crippen molar-refractivity contribution in [1.82, 2.24) is 31.1 Å².